The molecule has 1 aromatic heterocycles. The van der Waals surface area contributed by atoms with Gasteiger partial charge in [0.05, 0.1) is 12.1 Å². The van der Waals surface area contributed by atoms with Crippen LogP contribution in [0.2, 0.25) is 0 Å². The molecule has 0 aliphatic rings. The molecule has 2 aromatic rings. The lowest BCUT2D eigenvalue weighted by Crippen LogP contribution is -2.30. The Morgan fingerprint density at radius 3 is 2.89 bits per heavy atom. The van der Waals surface area contributed by atoms with Crippen LogP contribution < -0.4 is 5.32 Å². The van der Waals surface area contributed by atoms with E-state index in [1.807, 2.05) is 19.9 Å². The fraction of sp³-hybridized carbons (Fsp3) is 0.438. The van der Waals surface area contributed by atoms with E-state index < -0.39 is 0 Å². The topological polar surface area (TPSA) is 34.1 Å². The molecule has 1 atom stereocenters. The Morgan fingerprint density at radius 1 is 1.32 bits per heavy atom. The Balaban J connectivity index is 2.11. The SMILES string of the molecule is CCOCC(C)NCc1cc(C)nc2ccccc12. The molecule has 2 rings (SSSR count). The molecule has 0 spiro atoms. The van der Waals surface area contributed by atoms with Crippen molar-refractivity contribution >= 4 is 10.9 Å². The van der Waals surface area contributed by atoms with Gasteiger partial charge < -0.3 is 10.1 Å². The lowest BCUT2D eigenvalue weighted by atomic mass is 10.1. The van der Waals surface area contributed by atoms with E-state index in [0.717, 1.165) is 31.0 Å². The highest BCUT2D eigenvalue weighted by Crippen LogP contribution is 2.18. The van der Waals surface area contributed by atoms with Gasteiger partial charge in [-0.25, -0.2) is 0 Å². The van der Waals surface area contributed by atoms with Crippen LogP contribution in [0.3, 0.4) is 0 Å². The number of nitrogens with zero attached hydrogens (tertiary/aromatic N) is 1. The molecule has 0 amide bonds. The van der Waals surface area contributed by atoms with Gasteiger partial charge >= 0.3 is 0 Å². The number of ether oxygens (including phenoxy) is 1. The zero-order valence-corrected chi connectivity index (χ0v) is 11.9. The molecule has 1 N–H and O–H groups in total. The van der Waals surface area contributed by atoms with Crippen molar-refractivity contribution in [1.82, 2.24) is 10.3 Å². The highest BCUT2D eigenvalue weighted by Gasteiger charge is 2.06. The van der Waals surface area contributed by atoms with Crippen LogP contribution in [0.15, 0.2) is 30.3 Å². The van der Waals surface area contributed by atoms with E-state index in [-0.39, 0.29) is 0 Å². The average molecular weight is 258 g/mol. The van der Waals surface area contributed by atoms with Gasteiger partial charge in [-0.2, -0.15) is 0 Å². The van der Waals surface area contributed by atoms with Crippen molar-refractivity contribution in [3.63, 3.8) is 0 Å². The number of hydrogen-bond acceptors (Lipinski definition) is 3. The number of fused-ring (bicyclic) bond motifs is 1. The summed E-state index contributed by atoms with van der Waals surface area (Å²) in [6.07, 6.45) is 0. The molecule has 1 aromatic carbocycles. The van der Waals surface area contributed by atoms with Gasteiger partial charge in [0.1, 0.15) is 0 Å². The van der Waals surface area contributed by atoms with E-state index in [1.54, 1.807) is 0 Å². The molecule has 102 valence electrons. The predicted octanol–water partition coefficient (Wildman–Crippen LogP) is 3.06. The Morgan fingerprint density at radius 2 is 2.11 bits per heavy atom. The van der Waals surface area contributed by atoms with Crippen molar-refractivity contribution in [2.24, 2.45) is 0 Å². The summed E-state index contributed by atoms with van der Waals surface area (Å²) in [5.41, 5.74) is 3.43. The summed E-state index contributed by atoms with van der Waals surface area (Å²) in [6.45, 7) is 8.57. The summed E-state index contributed by atoms with van der Waals surface area (Å²) in [4.78, 5) is 4.56. The summed E-state index contributed by atoms with van der Waals surface area (Å²) in [5.74, 6) is 0. The number of benzene rings is 1. The predicted molar refractivity (Wildman–Crippen MR) is 79.3 cm³/mol. The van der Waals surface area contributed by atoms with Crippen LogP contribution >= 0.6 is 0 Å². The Bertz CT molecular complexity index is 539. The first-order chi connectivity index (χ1) is 9.20. The second-order valence-corrected chi connectivity index (χ2v) is 4.88. The monoisotopic (exact) mass is 258 g/mol. The molecule has 1 unspecified atom stereocenters. The number of aryl methyl sites for hydroxylation is 1. The van der Waals surface area contributed by atoms with E-state index in [9.17, 15) is 0 Å². The first-order valence-corrected chi connectivity index (χ1v) is 6.87. The zero-order valence-electron chi connectivity index (χ0n) is 11.9. The van der Waals surface area contributed by atoms with Gasteiger partial charge in [-0.1, -0.05) is 18.2 Å². The van der Waals surface area contributed by atoms with Crippen molar-refractivity contribution in [3.05, 3.63) is 41.6 Å². The van der Waals surface area contributed by atoms with Crippen molar-refractivity contribution < 1.29 is 4.74 Å². The number of hydrogen-bond donors (Lipinski definition) is 1. The molecule has 0 radical (unpaired) electrons. The highest BCUT2D eigenvalue weighted by atomic mass is 16.5. The van der Waals surface area contributed by atoms with Crippen LogP contribution in [0, 0.1) is 6.92 Å². The number of pyridine rings is 1. The van der Waals surface area contributed by atoms with Crippen molar-refractivity contribution in [3.8, 4) is 0 Å². The number of para-hydroxylation sites is 1. The normalized spacial score (nSPS) is 12.8. The number of rotatable bonds is 6. The number of aromatic nitrogens is 1. The largest absolute Gasteiger partial charge is 0.380 e. The lowest BCUT2D eigenvalue weighted by molar-refractivity contribution is 0.127. The molecule has 0 saturated carbocycles. The average Bonchev–Trinajstić information content (AvgIpc) is 2.42. The lowest BCUT2D eigenvalue weighted by Gasteiger charge is -2.15. The van der Waals surface area contributed by atoms with Crippen LogP contribution in [-0.4, -0.2) is 24.2 Å². The van der Waals surface area contributed by atoms with Gasteiger partial charge in [0.2, 0.25) is 0 Å². The Hall–Kier alpha value is -1.45. The van der Waals surface area contributed by atoms with Gasteiger partial charge in [0, 0.05) is 30.3 Å². The molecular weight excluding hydrogens is 236 g/mol. The summed E-state index contributed by atoms with van der Waals surface area (Å²) < 4.78 is 5.42. The minimum atomic E-state index is 0.354. The van der Waals surface area contributed by atoms with E-state index in [1.165, 1.54) is 10.9 Å². The van der Waals surface area contributed by atoms with Gasteiger partial charge in [-0.3, -0.25) is 4.98 Å². The van der Waals surface area contributed by atoms with Crippen LogP contribution in [0.4, 0.5) is 0 Å². The highest BCUT2D eigenvalue weighted by molar-refractivity contribution is 5.82. The first kappa shape index (κ1) is 14.0. The van der Waals surface area contributed by atoms with Crippen LogP contribution in [-0.2, 0) is 11.3 Å². The smallest absolute Gasteiger partial charge is 0.0708 e. The quantitative estimate of drug-likeness (QED) is 0.864. The maximum atomic E-state index is 5.42. The van der Waals surface area contributed by atoms with Crippen molar-refractivity contribution in [2.75, 3.05) is 13.2 Å². The summed E-state index contributed by atoms with van der Waals surface area (Å²) in [7, 11) is 0. The summed E-state index contributed by atoms with van der Waals surface area (Å²) in [6, 6.07) is 10.8. The third-order valence-electron chi connectivity index (χ3n) is 3.14. The molecule has 0 aliphatic heterocycles. The van der Waals surface area contributed by atoms with Crippen LogP contribution in [0.1, 0.15) is 25.1 Å². The maximum absolute atomic E-state index is 5.42. The van der Waals surface area contributed by atoms with E-state index in [2.05, 4.69) is 41.5 Å². The van der Waals surface area contributed by atoms with Crippen LogP contribution in [0.5, 0.6) is 0 Å². The second-order valence-electron chi connectivity index (χ2n) is 4.88. The standard InChI is InChI=1S/C16H22N2O/c1-4-19-11-13(3)17-10-14-9-12(2)18-16-8-6-5-7-15(14)16/h5-9,13,17H,4,10-11H2,1-3H3. The van der Waals surface area contributed by atoms with Gasteiger partial charge in [0.25, 0.3) is 0 Å². The molecule has 0 fully saturated rings. The van der Waals surface area contributed by atoms with E-state index in [4.69, 9.17) is 4.74 Å². The minimum absolute atomic E-state index is 0.354. The molecule has 19 heavy (non-hydrogen) atoms. The molecule has 3 heteroatoms. The Kier molecular flexibility index (Phi) is 4.88. The van der Waals surface area contributed by atoms with Crippen molar-refractivity contribution in [1.29, 1.82) is 0 Å². The second kappa shape index (κ2) is 6.64. The van der Waals surface area contributed by atoms with Gasteiger partial charge in [-0.05, 0) is 38.5 Å². The van der Waals surface area contributed by atoms with Crippen LogP contribution in [0.25, 0.3) is 10.9 Å². The number of nitrogens with one attached hydrogen (secondary N) is 1. The zero-order chi connectivity index (χ0) is 13.7. The minimum Gasteiger partial charge on any atom is -0.380 e. The van der Waals surface area contributed by atoms with E-state index in [0.29, 0.717) is 6.04 Å². The van der Waals surface area contributed by atoms with Gasteiger partial charge in [-0.15, -0.1) is 0 Å². The molecule has 3 nitrogen and oxygen atoms in total. The third-order valence-corrected chi connectivity index (χ3v) is 3.14. The molecular formula is C16H22N2O. The van der Waals surface area contributed by atoms with E-state index >= 15 is 0 Å². The molecule has 0 saturated heterocycles. The molecule has 1 heterocycles. The first-order valence-electron chi connectivity index (χ1n) is 6.87. The molecule has 0 aliphatic carbocycles. The molecule has 0 bridgehead atoms. The third kappa shape index (κ3) is 3.75. The maximum Gasteiger partial charge on any atom is 0.0708 e. The van der Waals surface area contributed by atoms with Gasteiger partial charge in [0.15, 0.2) is 0 Å². The fourth-order valence-electron chi connectivity index (χ4n) is 2.18. The van der Waals surface area contributed by atoms with Crippen molar-refractivity contribution in [2.45, 2.75) is 33.4 Å². The fourth-order valence-corrected chi connectivity index (χ4v) is 2.18. The summed E-state index contributed by atoms with van der Waals surface area (Å²) >= 11 is 0. The summed E-state index contributed by atoms with van der Waals surface area (Å²) in [5, 5.41) is 4.73. The Labute approximate surface area is 115 Å².